The standard InChI is InChI=1S/C30H37N3O5/c1-21-27(32-30(38-21)22-10-12-25(13-11-22)33-15-18-36-19-16-33)14-17-37-26-9-5-6-23(20-26)28(34)29(35)31-24-7-3-2-4-8-24/h5-6,9-13,20,24,28,34H,2-4,7-8,14-19H2,1H3,(H,31,35). The van der Waals surface area contributed by atoms with E-state index < -0.39 is 6.10 Å². The minimum absolute atomic E-state index is 0.156. The molecule has 2 heterocycles. The number of nitrogens with zero attached hydrogens (tertiary/aromatic N) is 2. The lowest BCUT2D eigenvalue weighted by Gasteiger charge is -2.28. The van der Waals surface area contributed by atoms with Crippen LogP contribution in [0.15, 0.2) is 52.9 Å². The van der Waals surface area contributed by atoms with Crippen LogP contribution in [0.3, 0.4) is 0 Å². The molecular formula is C30H37N3O5. The second-order valence-electron chi connectivity index (χ2n) is 10.1. The summed E-state index contributed by atoms with van der Waals surface area (Å²) >= 11 is 0. The second kappa shape index (κ2) is 12.5. The number of aromatic nitrogens is 1. The molecule has 2 aromatic carbocycles. The molecule has 1 aliphatic carbocycles. The monoisotopic (exact) mass is 519 g/mol. The second-order valence-corrected chi connectivity index (χ2v) is 10.1. The Morgan fingerprint density at radius 3 is 2.66 bits per heavy atom. The van der Waals surface area contributed by atoms with Gasteiger partial charge in [-0.15, -0.1) is 0 Å². The average molecular weight is 520 g/mol. The van der Waals surface area contributed by atoms with Crippen molar-refractivity contribution in [3.8, 4) is 17.2 Å². The Kier molecular flexibility index (Phi) is 8.61. The first-order valence-corrected chi connectivity index (χ1v) is 13.7. The summed E-state index contributed by atoms with van der Waals surface area (Å²) < 4.78 is 17.3. The molecule has 202 valence electrons. The highest BCUT2D eigenvalue weighted by Gasteiger charge is 2.22. The van der Waals surface area contributed by atoms with Gasteiger partial charge in [-0.1, -0.05) is 31.4 Å². The third-order valence-corrected chi connectivity index (χ3v) is 7.36. The van der Waals surface area contributed by atoms with Gasteiger partial charge < -0.3 is 29.2 Å². The Balaban J connectivity index is 1.14. The van der Waals surface area contributed by atoms with Crippen molar-refractivity contribution in [3.63, 3.8) is 0 Å². The van der Waals surface area contributed by atoms with Gasteiger partial charge in [0.05, 0.1) is 25.5 Å². The number of aryl methyl sites for hydroxylation is 1. The molecule has 1 saturated heterocycles. The number of aliphatic hydroxyl groups excluding tert-OH is 1. The normalized spacial score (nSPS) is 17.3. The number of morpholine rings is 1. The van der Waals surface area contributed by atoms with E-state index in [4.69, 9.17) is 18.9 Å². The van der Waals surface area contributed by atoms with E-state index >= 15 is 0 Å². The van der Waals surface area contributed by atoms with Gasteiger partial charge in [0, 0.05) is 36.8 Å². The van der Waals surface area contributed by atoms with Crippen LogP contribution >= 0.6 is 0 Å². The number of anilines is 1. The van der Waals surface area contributed by atoms with Crippen LogP contribution in [-0.2, 0) is 16.0 Å². The number of ether oxygens (including phenoxy) is 2. The lowest BCUT2D eigenvalue weighted by atomic mass is 9.95. The van der Waals surface area contributed by atoms with Gasteiger partial charge in [0.15, 0.2) is 6.10 Å². The number of benzene rings is 2. The zero-order valence-corrected chi connectivity index (χ0v) is 22.0. The minimum atomic E-state index is -1.21. The molecule has 2 fully saturated rings. The Bertz CT molecular complexity index is 1200. The lowest BCUT2D eigenvalue weighted by Crippen LogP contribution is -2.39. The fourth-order valence-electron chi connectivity index (χ4n) is 5.14. The molecule has 1 aromatic heterocycles. The molecule has 1 saturated carbocycles. The first kappa shape index (κ1) is 26.3. The molecule has 2 aliphatic rings. The van der Waals surface area contributed by atoms with Crippen LogP contribution in [0.5, 0.6) is 5.75 Å². The molecule has 2 N–H and O–H groups in total. The fourth-order valence-corrected chi connectivity index (χ4v) is 5.14. The van der Waals surface area contributed by atoms with E-state index in [-0.39, 0.29) is 11.9 Å². The van der Waals surface area contributed by atoms with E-state index in [0.717, 1.165) is 69.0 Å². The Labute approximate surface area is 224 Å². The first-order valence-electron chi connectivity index (χ1n) is 13.7. The summed E-state index contributed by atoms with van der Waals surface area (Å²) in [5, 5.41) is 13.6. The van der Waals surface area contributed by atoms with E-state index in [1.165, 1.54) is 12.1 Å². The summed E-state index contributed by atoms with van der Waals surface area (Å²) in [7, 11) is 0. The molecule has 38 heavy (non-hydrogen) atoms. The van der Waals surface area contributed by atoms with E-state index in [0.29, 0.717) is 30.2 Å². The molecule has 3 aromatic rings. The van der Waals surface area contributed by atoms with Crippen molar-refractivity contribution in [1.29, 1.82) is 0 Å². The number of nitrogens with one attached hydrogen (secondary N) is 1. The number of aliphatic hydroxyl groups is 1. The van der Waals surface area contributed by atoms with Crippen molar-refractivity contribution in [1.82, 2.24) is 10.3 Å². The van der Waals surface area contributed by atoms with Gasteiger partial charge in [-0.25, -0.2) is 4.98 Å². The summed E-state index contributed by atoms with van der Waals surface area (Å²) in [6.07, 6.45) is 4.78. The number of hydrogen-bond donors (Lipinski definition) is 2. The number of amides is 1. The lowest BCUT2D eigenvalue weighted by molar-refractivity contribution is -0.130. The van der Waals surface area contributed by atoms with Gasteiger partial charge in [0.2, 0.25) is 5.89 Å². The van der Waals surface area contributed by atoms with Crippen molar-refractivity contribution in [3.05, 3.63) is 65.5 Å². The maximum atomic E-state index is 12.5. The summed E-state index contributed by atoms with van der Waals surface area (Å²) in [5.74, 6) is 1.62. The van der Waals surface area contributed by atoms with Crippen molar-refractivity contribution < 1.29 is 23.8 Å². The summed E-state index contributed by atoms with van der Waals surface area (Å²) in [4.78, 5) is 19.6. The number of carbonyl (C=O) groups is 1. The Hall–Kier alpha value is -3.36. The SMILES string of the molecule is Cc1oc(-c2ccc(N3CCOCC3)cc2)nc1CCOc1cccc(C(O)C(=O)NC2CCCCC2)c1. The van der Waals surface area contributed by atoms with Gasteiger partial charge in [-0.3, -0.25) is 4.79 Å². The molecule has 0 bridgehead atoms. The van der Waals surface area contributed by atoms with Gasteiger partial charge in [0.25, 0.3) is 5.91 Å². The van der Waals surface area contributed by atoms with E-state index in [2.05, 4.69) is 22.3 Å². The summed E-state index contributed by atoms with van der Waals surface area (Å²) in [6, 6.07) is 15.5. The predicted molar refractivity (Wildman–Crippen MR) is 145 cm³/mol. The third-order valence-electron chi connectivity index (χ3n) is 7.36. The molecule has 5 rings (SSSR count). The van der Waals surface area contributed by atoms with Gasteiger partial charge >= 0.3 is 0 Å². The average Bonchev–Trinajstić information content (AvgIpc) is 3.34. The molecule has 8 heteroatoms. The minimum Gasteiger partial charge on any atom is -0.493 e. The van der Waals surface area contributed by atoms with Crippen LogP contribution < -0.4 is 15.0 Å². The maximum Gasteiger partial charge on any atom is 0.253 e. The Morgan fingerprint density at radius 1 is 1.13 bits per heavy atom. The molecule has 1 atom stereocenters. The summed E-state index contributed by atoms with van der Waals surface area (Å²) in [5.41, 5.74) is 3.48. The van der Waals surface area contributed by atoms with E-state index in [9.17, 15) is 9.90 Å². The predicted octanol–water partition coefficient (Wildman–Crippen LogP) is 4.59. The van der Waals surface area contributed by atoms with Crippen molar-refractivity contribution in [2.24, 2.45) is 0 Å². The number of hydrogen-bond acceptors (Lipinski definition) is 7. The quantitative estimate of drug-likeness (QED) is 0.427. The third kappa shape index (κ3) is 6.55. The molecule has 1 unspecified atom stereocenters. The fraction of sp³-hybridized carbons (Fsp3) is 0.467. The zero-order valence-electron chi connectivity index (χ0n) is 22.0. The van der Waals surface area contributed by atoms with Crippen LogP contribution in [-0.4, -0.2) is 54.9 Å². The van der Waals surface area contributed by atoms with E-state index in [1.807, 2.05) is 25.1 Å². The van der Waals surface area contributed by atoms with Crippen LogP contribution in [0.4, 0.5) is 5.69 Å². The molecular weight excluding hydrogens is 482 g/mol. The van der Waals surface area contributed by atoms with Gasteiger partial charge in [-0.05, 0) is 61.7 Å². The van der Waals surface area contributed by atoms with Gasteiger partial charge in [0.1, 0.15) is 11.5 Å². The molecule has 1 aliphatic heterocycles. The van der Waals surface area contributed by atoms with Gasteiger partial charge in [-0.2, -0.15) is 0 Å². The molecule has 1 amide bonds. The Morgan fingerprint density at radius 2 is 1.89 bits per heavy atom. The zero-order chi connectivity index (χ0) is 26.3. The molecule has 8 nitrogen and oxygen atoms in total. The highest BCUT2D eigenvalue weighted by molar-refractivity contribution is 5.82. The molecule has 0 radical (unpaired) electrons. The highest BCUT2D eigenvalue weighted by atomic mass is 16.5. The van der Waals surface area contributed by atoms with Crippen molar-refractivity contribution in [2.75, 3.05) is 37.8 Å². The van der Waals surface area contributed by atoms with Crippen molar-refractivity contribution >= 4 is 11.6 Å². The highest BCUT2D eigenvalue weighted by Crippen LogP contribution is 2.26. The topological polar surface area (TPSA) is 97.1 Å². The maximum absolute atomic E-state index is 12.5. The summed E-state index contributed by atoms with van der Waals surface area (Å²) in [6.45, 7) is 5.63. The first-order chi connectivity index (χ1) is 18.6. The smallest absolute Gasteiger partial charge is 0.253 e. The van der Waals surface area contributed by atoms with Crippen LogP contribution in [0, 0.1) is 6.92 Å². The van der Waals surface area contributed by atoms with Crippen LogP contribution in [0.2, 0.25) is 0 Å². The van der Waals surface area contributed by atoms with Crippen LogP contribution in [0.1, 0.15) is 55.2 Å². The van der Waals surface area contributed by atoms with Crippen LogP contribution in [0.25, 0.3) is 11.5 Å². The van der Waals surface area contributed by atoms with E-state index in [1.54, 1.807) is 18.2 Å². The molecule has 0 spiro atoms. The van der Waals surface area contributed by atoms with Crippen molar-refractivity contribution in [2.45, 2.75) is 57.6 Å². The number of carbonyl (C=O) groups excluding carboxylic acids is 1. The largest absolute Gasteiger partial charge is 0.493 e. The number of rotatable bonds is 9. The number of oxazole rings is 1.